The zero-order valence-corrected chi connectivity index (χ0v) is 9.12. The fraction of sp³-hybridized carbons (Fsp3) is 0.900. The average molecular weight is 199 g/mol. The molecule has 1 amide bonds. The van der Waals surface area contributed by atoms with Gasteiger partial charge < -0.3 is 11.5 Å². The van der Waals surface area contributed by atoms with E-state index < -0.39 is 5.54 Å². The lowest BCUT2D eigenvalue weighted by atomic mass is 9.86. The van der Waals surface area contributed by atoms with Gasteiger partial charge in [-0.2, -0.15) is 0 Å². The molecule has 0 bridgehead atoms. The monoisotopic (exact) mass is 199 g/mol. The lowest BCUT2D eigenvalue weighted by Crippen LogP contribution is -2.57. The Balaban J connectivity index is 2.57. The number of primary amides is 1. The Morgan fingerprint density at radius 2 is 2.21 bits per heavy atom. The van der Waals surface area contributed by atoms with Crippen molar-refractivity contribution in [2.24, 2.45) is 11.5 Å². The zero-order chi connectivity index (χ0) is 10.8. The molecule has 0 spiro atoms. The highest BCUT2D eigenvalue weighted by Gasteiger charge is 2.33. The van der Waals surface area contributed by atoms with E-state index in [0.29, 0.717) is 12.5 Å². The summed E-state index contributed by atoms with van der Waals surface area (Å²) in [7, 11) is 0. The molecule has 1 aliphatic heterocycles. The molecule has 14 heavy (non-hydrogen) atoms. The molecule has 0 aliphatic carbocycles. The predicted octanol–water partition coefficient (Wildman–Crippen LogP) is 0.0635. The number of hydrogen-bond acceptors (Lipinski definition) is 3. The number of nitrogens with zero attached hydrogens (tertiary/aromatic N) is 1. The fourth-order valence-corrected chi connectivity index (χ4v) is 2.13. The van der Waals surface area contributed by atoms with Crippen LogP contribution in [-0.4, -0.2) is 35.5 Å². The molecule has 0 saturated carbocycles. The van der Waals surface area contributed by atoms with Crippen LogP contribution in [0.2, 0.25) is 0 Å². The topological polar surface area (TPSA) is 72.3 Å². The van der Waals surface area contributed by atoms with Crippen LogP contribution in [0.4, 0.5) is 0 Å². The van der Waals surface area contributed by atoms with Crippen molar-refractivity contribution in [3.63, 3.8) is 0 Å². The van der Waals surface area contributed by atoms with Crippen molar-refractivity contribution >= 4 is 5.91 Å². The molecule has 0 aromatic carbocycles. The summed E-state index contributed by atoms with van der Waals surface area (Å²) in [6, 6.07) is 0.492. The van der Waals surface area contributed by atoms with Gasteiger partial charge in [0, 0.05) is 24.5 Å². The van der Waals surface area contributed by atoms with Gasteiger partial charge in [0.2, 0.25) is 5.91 Å². The zero-order valence-electron chi connectivity index (χ0n) is 9.12. The molecule has 1 saturated heterocycles. The van der Waals surface area contributed by atoms with Crippen molar-refractivity contribution in [3.8, 4) is 0 Å². The van der Waals surface area contributed by atoms with Gasteiger partial charge in [0.15, 0.2) is 0 Å². The van der Waals surface area contributed by atoms with Crippen molar-refractivity contribution < 1.29 is 4.79 Å². The predicted molar refractivity (Wildman–Crippen MR) is 56.7 cm³/mol. The van der Waals surface area contributed by atoms with Gasteiger partial charge in [-0.05, 0) is 33.2 Å². The highest BCUT2D eigenvalue weighted by molar-refractivity contribution is 5.75. The highest BCUT2D eigenvalue weighted by Crippen LogP contribution is 2.23. The van der Waals surface area contributed by atoms with Crippen LogP contribution in [0.1, 0.15) is 33.1 Å². The summed E-state index contributed by atoms with van der Waals surface area (Å²) in [5, 5.41) is 0. The van der Waals surface area contributed by atoms with E-state index >= 15 is 0 Å². The van der Waals surface area contributed by atoms with Crippen LogP contribution in [0.5, 0.6) is 0 Å². The second kappa shape index (κ2) is 4.28. The summed E-state index contributed by atoms with van der Waals surface area (Å²) in [4.78, 5) is 13.2. The Kier molecular flexibility index (Phi) is 3.50. The molecular weight excluding hydrogens is 178 g/mol. The van der Waals surface area contributed by atoms with E-state index in [0.717, 1.165) is 25.9 Å². The van der Waals surface area contributed by atoms with Crippen molar-refractivity contribution in [1.29, 1.82) is 0 Å². The number of nitrogens with two attached hydrogens (primary N) is 2. The van der Waals surface area contributed by atoms with E-state index in [9.17, 15) is 4.79 Å². The Labute approximate surface area is 85.6 Å². The summed E-state index contributed by atoms with van der Waals surface area (Å²) < 4.78 is 0. The van der Waals surface area contributed by atoms with Crippen LogP contribution < -0.4 is 11.5 Å². The van der Waals surface area contributed by atoms with Gasteiger partial charge in [0.25, 0.3) is 0 Å². The molecule has 4 nitrogen and oxygen atoms in total. The van der Waals surface area contributed by atoms with Gasteiger partial charge in [-0.3, -0.25) is 9.69 Å². The van der Waals surface area contributed by atoms with Crippen molar-refractivity contribution in [1.82, 2.24) is 4.90 Å². The summed E-state index contributed by atoms with van der Waals surface area (Å²) in [6.07, 6.45) is 2.26. The third kappa shape index (κ3) is 2.96. The molecule has 0 aromatic rings. The van der Waals surface area contributed by atoms with E-state index in [1.807, 2.05) is 0 Å². The molecule has 82 valence electrons. The highest BCUT2D eigenvalue weighted by atomic mass is 16.1. The molecule has 1 atom stereocenters. The van der Waals surface area contributed by atoms with Gasteiger partial charge in [0.05, 0.1) is 0 Å². The van der Waals surface area contributed by atoms with Crippen molar-refractivity contribution in [2.45, 2.75) is 44.7 Å². The lowest BCUT2D eigenvalue weighted by molar-refractivity contribution is -0.119. The number of hydrogen-bond donors (Lipinski definition) is 2. The minimum atomic E-state index is -0.394. The van der Waals surface area contributed by atoms with E-state index in [1.165, 1.54) is 0 Å². The summed E-state index contributed by atoms with van der Waals surface area (Å²) in [6.45, 7) is 6.16. The van der Waals surface area contributed by atoms with Gasteiger partial charge in [-0.1, -0.05) is 0 Å². The van der Waals surface area contributed by atoms with Crippen LogP contribution >= 0.6 is 0 Å². The Hall–Kier alpha value is -0.610. The van der Waals surface area contributed by atoms with Gasteiger partial charge >= 0.3 is 0 Å². The smallest absolute Gasteiger partial charge is 0.219 e. The Morgan fingerprint density at radius 3 is 2.71 bits per heavy atom. The molecule has 1 fully saturated rings. The van der Waals surface area contributed by atoms with Crippen LogP contribution in [0.3, 0.4) is 0 Å². The van der Waals surface area contributed by atoms with E-state index in [4.69, 9.17) is 11.5 Å². The third-order valence-corrected chi connectivity index (χ3v) is 2.89. The molecule has 0 aromatic heterocycles. The maximum absolute atomic E-state index is 10.9. The fourth-order valence-electron chi connectivity index (χ4n) is 2.13. The molecule has 1 unspecified atom stereocenters. The number of amides is 1. The number of likely N-dealkylation sites (tertiary alicyclic amines) is 1. The molecular formula is C10H21N3O. The van der Waals surface area contributed by atoms with E-state index in [2.05, 4.69) is 18.7 Å². The second-order valence-corrected chi connectivity index (χ2v) is 4.67. The molecule has 0 radical (unpaired) electrons. The van der Waals surface area contributed by atoms with Gasteiger partial charge in [-0.25, -0.2) is 0 Å². The first-order valence-corrected chi connectivity index (χ1v) is 5.24. The first-order chi connectivity index (χ1) is 6.43. The maximum atomic E-state index is 10.9. The molecule has 4 heteroatoms. The number of carbonyl (C=O) groups is 1. The Bertz CT molecular complexity index is 217. The first kappa shape index (κ1) is 11.5. The van der Waals surface area contributed by atoms with Gasteiger partial charge in [0.1, 0.15) is 0 Å². The summed E-state index contributed by atoms with van der Waals surface area (Å²) >= 11 is 0. The van der Waals surface area contributed by atoms with E-state index in [-0.39, 0.29) is 5.91 Å². The molecule has 4 N–H and O–H groups in total. The largest absolute Gasteiger partial charge is 0.370 e. The minimum Gasteiger partial charge on any atom is -0.370 e. The molecule has 1 rings (SSSR count). The standard InChI is InChI=1S/C10H21N3O/c1-8(2)13-5-3-4-10(12,7-13)6-9(11)14/h8H,3-7,12H2,1-2H3,(H2,11,14). The van der Waals surface area contributed by atoms with Crippen molar-refractivity contribution in [2.75, 3.05) is 13.1 Å². The van der Waals surface area contributed by atoms with Crippen LogP contribution in [0.25, 0.3) is 0 Å². The summed E-state index contributed by atoms with van der Waals surface area (Å²) in [5.41, 5.74) is 10.9. The normalized spacial score (nSPS) is 29.4. The number of carbonyl (C=O) groups excluding carboxylic acids is 1. The SMILES string of the molecule is CC(C)N1CCCC(N)(CC(N)=O)C1. The second-order valence-electron chi connectivity index (χ2n) is 4.67. The minimum absolute atomic E-state index is 0.293. The van der Waals surface area contributed by atoms with Crippen LogP contribution in [0, 0.1) is 0 Å². The quantitative estimate of drug-likeness (QED) is 0.675. The van der Waals surface area contributed by atoms with Crippen LogP contribution in [-0.2, 0) is 4.79 Å². The van der Waals surface area contributed by atoms with Crippen LogP contribution in [0.15, 0.2) is 0 Å². The lowest BCUT2D eigenvalue weighted by Gasteiger charge is -2.41. The van der Waals surface area contributed by atoms with Crippen molar-refractivity contribution in [3.05, 3.63) is 0 Å². The number of piperidine rings is 1. The third-order valence-electron chi connectivity index (χ3n) is 2.89. The number of rotatable bonds is 3. The van der Waals surface area contributed by atoms with E-state index in [1.54, 1.807) is 0 Å². The molecule has 1 aliphatic rings. The Morgan fingerprint density at radius 1 is 1.57 bits per heavy atom. The van der Waals surface area contributed by atoms with Gasteiger partial charge in [-0.15, -0.1) is 0 Å². The summed E-state index contributed by atoms with van der Waals surface area (Å²) in [5.74, 6) is -0.293. The molecule has 1 heterocycles. The maximum Gasteiger partial charge on any atom is 0.219 e. The first-order valence-electron chi connectivity index (χ1n) is 5.24. The average Bonchev–Trinajstić information content (AvgIpc) is 2.01.